The lowest BCUT2D eigenvalue weighted by Crippen LogP contribution is -2.35. The molecule has 1 aliphatic rings. The number of hydrogen-bond acceptors (Lipinski definition) is 3. The van der Waals surface area contributed by atoms with Gasteiger partial charge in [-0.15, -0.1) is 0 Å². The van der Waals surface area contributed by atoms with Crippen LogP contribution in [0, 0.1) is 17.7 Å². The quantitative estimate of drug-likeness (QED) is 0.627. The van der Waals surface area contributed by atoms with Crippen LogP contribution in [0.3, 0.4) is 0 Å². The fraction of sp³-hybridized carbons (Fsp3) is 0.615. The average molecular weight is 237 g/mol. The molecule has 3 unspecified atom stereocenters. The zero-order valence-corrected chi connectivity index (χ0v) is 10.2. The molecule has 1 aromatic rings. The lowest BCUT2D eigenvalue weighted by Gasteiger charge is -2.33. The molecule has 94 valence electrons. The fourth-order valence-electron chi connectivity index (χ4n) is 2.89. The molecule has 3 nitrogen and oxygen atoms in total. The molecular formula is C13H20FN3. The van der Waals surface area contributed by atoms with E-state index < -0.39 is 0 Å². The van der Waals surface area contributed by atoms with E-state index in [0.29, 0.717) is 5.92 Å². The third-order valence-corrected chi connectivity index (χ3v) is 3.71. The lowest BCUT2D eigenvalue weighted by atomic mass is 9.77. The summed E-state index contributed by atoms with van der Waals surface area (Å²) in [6.07, 6.45) is 7.73. The minimum atomic E-state index is -0.299. The van der Waals surface area contributed by atoms with Crippen molar-refractivity contribution in [3.8, 4) is 0 Å². The minimum Gasteiger partial charge on any atom is -0.271 e. The Balaban J connectivity index is 2.15. The first-order chi connectivity index (χ1) is 8.20. The molecule has 1 heterocycles. The Morgan fingerprint density at radius 3 is 2.94 bits per heavy atom. The molecule has 0 radical (unpaired) electrons. The van der Waals surface area contributed by atoms with Gasteiger partial charge in [0.15, 0.2) is 0 Å². The molecule has 0 amide bonds. The Labute approximate surface area is 102 Å². The van der Waals surface area contributed by atoms with Gasteiger partial charge >= 0.3 is 0 Å². The molecular weight excluding hydrogens is 217 g/mol. The van der Waals surface area contributed by atoms with Crippen LogP contribution in [-0.2, 0) is 0 Å². The van der Waals surface area contributed by atoms with E-state index in [1.54, 1.807) is 6.20 Å². The topological polar surface area (TPSA) is 50.9 Å². The highest BCUT2D eigenvalue weighted by molar-refractivity contribution is 5.16. The van der Waals surface area contributed by atoms with E-state index >= 15 is 0 Å². The summed E-state index contributed by atoms with van der Waals surface area (Å²) in [5.41, 5.74) is 3.68. The van der Waals surface area contributed by atoms with Crippen molar-refractivity contribution in [1.82, 2.24) is 10.4 Å². The predicted octanol–water partition coefficient (Wildman–Crippen LogP) is 2.55. The standard InChI is InChI=1S/C13H20FN3/c1-9-3-2-4-10(5-9)13(17-15)11-6-12(14)8-16-7-11/h6-10,13,17H,2-5,15H2,1H3. The second-order valence-corrected chi connectivity index (χ2v) is 5.11. The van der Waals surface area contributed by atoms with Crippen LogP contribution in [-0.4, -0.2) is 4.98 Å². The maximum absolute atomic E-state index is 13.2. The highest BCUT2D eigenvalue weighted by atomic mass is 19.1. The summed E-state index contributed by atoms with van der Waals surface area (Å²) < 4.78 is 13.2. The van der Waals surface area contributed by atoms with Gasteiger partial charge in [-0.1, -0.05) is 19.8 Å². The summed E-state index contributed by atoms with van der Waals surface area (Å²) in [7, 11) is 0. The largest absolute Gasteiger partial charge is 0.271 e. The maximum Gasteiger partial charge on any atom is 0.141 e. The molecule has 0 aromatic carbocycles. The van der Waals surface area contributed by atoms with Gasteiger partial charge in [0, 0.05) is 6.20 Å². The average Bonchev–Trinajstić information content (AvgIpc) is 2.30. The van der Waals surface area contributed by atoms with Crippen LogP contribution in [0.25, 0.3) is 0 Å². The van der Waals surface area contributed by atoms with Gasteiger partial charge < -0.3 is 0 Å². The zero-order valence-electron chi connectivity index (χ0n) is 10.2. The Hall–Kier alpha value is -1.00. The van der Waals surface area contributed by atoms with Crippen molar-refractivity contribution in [1.29, 1.82) is 0 Å². The minimum absolute atomic E-state index is 0.0148. The van der Waals surface area contributed by atoms with E-state index in [9.17, 15) is 4.39 Å². The molecule has 4 heteroatoms. The normalized spacial score (nSPS) is 26.8. The predicted molar refractivity (Wildman–Crippen MR) is 65.4 cm³/mol. The second-order valence-electron chi connectivity index (χ2n) is 5.11. The van der Waals surface area contributed by atoms with Gasteiger partial charge in [-0.25, -0.2) is 4.39 Å². The van der Waals surface area contributed by atoms with Gasteiger partial charge in [-0.05, 0) is 36.3 Å². The summed E-state index contributed by atoms with van der Waals surface area (Å²) in [6, 6.07) is 1.54. The monoisotopic (exact) mass is 237 g/mol. The number of nitrogens with zero attached hydrogens (tertiary/aromatic N) is 1. The first kappa shape index (κ1) is 12.5. The molecule has 0 spiro atoms. The van der Waals surface area contributed by atoms with Crippen molar-refractivity contribution < 1.29 is 4.39 Å². The third-order valence-electron chi connectivity index (χ3n) is 3.71. The van der Waals surface area contributed by atoms with Crippen molar-refractivity contribution in [3.05, 3.63) is 29.8 Å². The number of rotatable bonds is 3. The number of halogens is 1. The van der Waals surface area contributed by atoms with E-state index in [1.807, 2.05) is 0 Å². The maximum atomic E-state index is 13.2. The molecule has 3 atom stereocenters. The number of nitrogens with one attached hydrogen (secondary N) is 1. The lowest BCUT2D eigenvalue weighted by molar-refractivity contribution is 0.224. The van der Waals surface area contributed by atoms with Crippen molar-refractivity contribution in [3.63, 3.8) is 0 Å². The number of hydrogen-bond donors (Lipinski definition) is 2. The first-order valence-corrected chi connectivity index (χ1v) is 6.27. The van der Waals surface area contributed by atoms with Crippen molar-refractivity contribution in [2.24, 2.45) is 17.7 Å². The molecule has 1 aliphatic carbocycles. The Bertz CT molecular complexity index is 369. The summed E-state index contributed by atoms with van der Waals surface area (Å²) in [5.74, 6) is 6.54. The van der Waals surface area contributed by atoms with Crippen molar-refractivity contribution in [2.75, 3.05) is 0 Å². The van der Waals surface area contributed by atoms with Gasteiger partial charge in [0.1, 0.15) is 5.82 Å². The van der Waals surface area contributed by atoms with Crippen LogP contribution < -0.4 is 11.3 Å². The molecule has 0 aliphatic heterocycles. The zero-order chi connectivity index (χ0) is 12.3. The van der Waals surface area contributed by atoms with Gasteiger partial charge in [0.2, 0.25) is 0 Å². The number of nitrogens with two attached hydrogens (primary N) is 1. The summed E-state index contributed by atoms with van der Waals surface area (Å²) in [6.45, 7) is 2.27. The van der Waals surface area contributed by atoms with Crippen molar-refractivity contribution in [2.45, 2.75) is 38.6 Å². The van der Waals surface area contributed by atoms with Gasteiger partial charge in [0.25, 0.3) is 0 Å². The van der Waals surface area contributed by atoms with E-state index in [0.717, 1.165) is 24.3 Å². The number of hydrazine groups is 1. The molecule has 1 aromatic heterocycles. The van der Waals surface area contributed by atoms with Crippen LogP contribution in [0.2, 0.25) is 0 Å². The van der Waals surface area contributed by atoms with E-state index in [4.69, 9.17) is 5.84 Å². The molecule has 3 N–H and O–H groups in total. The fourth-order valence-corrected chi connectivity index (χ4v) is 2.89. The Morgan fingerprint density at radius 2 is 2.29 bits per heavy atom. The van der Waals surface area contributed by atoms with Gasteiger partial charge in [0.05, 0.1) is 12.2 Å². The molecule has 17 heavy (non-hydrogen) atoms. The highest BCUT2D eigenvalue weighted by Gasteiger charge is 2.27. The van der Waals surface area contributed by atoms with Crippen LogP contribution >= 0.6 is 0 Å². The molecule has 2 rings (SSSR count). The Morgan fingerprint density at radius 1 is 1.47 bits per heavy atom. The molecule has 0 bridgehead atoms. The highest BCUT2D eigenvalue weighted by Crippen LogP contribution is 2.36. The smallest absolute Gasteiger partial charge is 0.141 e. The third kappa shape index (κ3) is 3.01. The van der Waals surface area contributed by atoms with Gasteiger partial charge in [-0.2, -0.15) is 0 Å². The van der Waals surface area contributed by atoms with Crippen molar-refractivity contribution >= 4 is 0 Å². The van der Waals surface area contributed by atoms with E-state index in [2.05, 4.69) is 17.3 Å². The van der Waals surface area contributed by atoms with Crippen LogP contribution in [0.5, 0.6) is 0 Å². The van der Waals surface area contributed by atoms with Crippen LogP contribution in [0.1, 0.15) is 44.2 Å². The van der Waals surface area contributed by atoms with E-state index in [1.165, 1.54) is 25.1 Å². The van der Waals surface area contributed by atoms with Crippen LogP contribution in [0.15, 0.2) is 18.5 Å². The first-order valence-electron chi connectivity index (χ1n) is 6.27. The summed E-state index contributed by atoms with van der Waals surface area (Å²) >= 11 is 0. The Kier molecular flexibility index (Phi) is 4.07. The van der Waals surface area contributed by atoms with E-state index in [-0.39, 0.29) is 11.9 Å². The second kappa shape index (κ2) is 5.56. The molecule has 1 saturated carbocycles. The number of pyridine rings is 1. The molecule has 0 saturated heterocycles. The molecule has 1 fully saturated rings. The number of aromatic nitrogens is 1. The van der Waals surface area contributed by atoms with Gasteiger partial charge in [-0.3, -0.25) is 16.3 Å². The van der Waals surface area contributed by atoms with Crippen LogP contribution in [0.4, 0.5) is 4.39 Å². The summed E-state index contributed by atoms with van der Waals surface area (Å²) in [4.78, 5) is 3.90. The SMILES string of the molecule is CC1CCCC(C(NN)c2cncc(F)c2)C1. The summed E-state index contributed by atoms with van der Waals surface area (Å²) in [5, 5.41) is 0.